The minimum atomic E-state index is -0.268. The van der Waals surface area contributed by atoms with Gasteiger partial charge in [0.2, 0.25) is 0 Å². The van der Waals surface area contributed by atoms with Crippen molar-refractivity contribution in [3.63, 3.8) is 0 Å². The first kappa shape index (κ1) is 13.3. The molecule has 3 rings (SSSR count). The summed E-state index contributed by atoms with van der Waals surface area (Å²) in [5.74, 6) is 0.440. The van der Waals surface area contributed by atoms with E-state index in [9.17, 15) is 4.39 Å². The van der Waals surface area contributed by atoms with Gasteiger partial charge in [-0.2, -0.15) is 0 Å². The first-order valence-corrected chi connectivity index (χ1v) is 7.27. The van der Waals surface area contributed by atoms with Crippen LogP contribution < -0.4 is 5.73 Å². The van der Waals surface area contributed by atoms with Crippen LogP contribution >= 0.6 is 11.3 Å². The van der Waals surface area contributed by atoms with Crippen LogP contribution in [0.4, 0.5) is 4.39 Å². The van der Waals surface area contributed by atoms with Crippen LogP contribution in [-0.4, -0.2) is 4.98 Å². The molecule has 1 unspecified atom stereocenters. The summed E-state index contributed by atoms with van der Waals surface area (Å²) in [6.45, 7) is 3.87. The Morgan fingerprint density at radius 1 is 1.40 bits per heavy atom. The van der Waals surface area contributed by atoms with E-state index >= 15 is 0 Å². The summed E-state index contributed by atoms with van der Waals surface area (Å²) in [7, 11) is 0. The molecule has 5 heteroatoms. The summed E-state index contributed by atoms with van der Waals surface area (Å²) in [5.41, 5.74) is 8.79. The highest BCUT2D eigenvalue weighted by atomic mass is 32.1. The van der Waals surface area contributed by atoms with Crippen molar-refractivity contribution in [2.45, 2.75) is 26.3 Å². The molecule has 0 spiro atoms. The van der Waals surface area contributed by atoms with E-state index in [4.69, 9.17) is 10.2 Å². The fourth-order valence-corrected chi connectivity index (χ4v) is 3.17. The van der Waals surface area contributed by atoms with Crippen LogP contribution in [0.15, 0.2) is 28.0 Å². The van der Waals surface area contributed by atoms with Crippen LogP contribution in [0.1, 0.15) is 28.1 Å². The number of aryl methyl sites for hydroxylation is 2. The second-order valence-electron chi connectivity index (χ2n) is 4.93. The molecule has 2 heterocycles. The van der Waals surface area contributed by atoms with Gasteiger partial charge in [0.1, 0.15) is 17.2 Å². The number of aromatic nitrogens is 1. The standard InChI is InChI=1S/C15H15FN2OS/c1-8-7-20-14(18-8)6-12(17)15-9(2)11-5-10(16)3-4-13(11)19-15/h3-5,7,12H,6,17H2,1-2H3. The highest BCUT2D eigenvalue weighted by molar-refractivity contribution is 7.09. The van der Waals surface area contributed by atoms with Gasteiger partial charge in [0.15, 0.2) is 0 Å². The number of thiazole rings is 1. The first-order valence-electron chi connectivity index (χ1n) is 6.39. The van der Waals surface area contributed by atoms with Gasteiger partial charge in [-0.15, -0.1) is 11.3 Å². The van der Waals surface area contributed by atoms with Gasteiger partial charge in [-0.1, -0.05) is 0 Å². The van der Waals surface area contributed by atoms with Crippen LogP contribution in [0.25, 0.3) is 11.0 Å². The van der Waals surface area contributed by atoms with E-state index in [1.807, 2.05) is 19.2 Å². The molecule has 3 aromatic rings. The number of furan rings is 1. The zero-order valence-corrected chi connectivity index (χ0v) is 12.1. The van der Waals surface area contributed by atoms with E-state index in [0.717, 1.165) is 21.7 Å². The number of halogens is 1. The van der Waals surface area contributed by atoms with Gasteiger partial charge in [-0.3, -0.25) is 0 Å². The molecule has 0 bridgehead atoms. The van der Waals surface area contributed by atoms with Crippen LogP contribution in [0.2, 0.25) is 0 Å². The Labute approximate surface area is 120 Å². The molecule has 1 atom stereocenters. The number of benzene rings is 1. The van der Waals surface area contributed by atoms with Crippen molar-refractivity contribution in [1.29, 1.82) is 0 Å². The molecule has 20 heavy (non-hydrogen) atoms. The first-order chi connectivity index (χ1) is 9.54. The third kappa shape index (κ3) is 2.34. The molecule has 0 aliphatic rings. The molecule has 3 nitrogen and oxygen atoms in total. The van der Waals surface area contributed by atoms with Crippen molar-refractivity contribution >= 4 is 22.3 Å². The SMILES string of the molecule is Cc1csc(CC(N)c2oc3ccc(F)cc3c2C)n1. The van der Waals surface area contributed by atoms with Crippen LogP contribution in [0.5, 0.6) is 0 Å². The average molecular weight is 290 g/mol. The Balaban J connectivity index is 1.95. The molecular weight excluding hydrogens is 275 g/mol. The fraction of sp³-hybridized carbons (Fsp3) is 0.267. The van der Waals surface area contributed by atoms with Crippen LogP contribution in [0, 0.1) is 19.7 Å². The van der Waals surface area contributed by atoms with Gasteiger partial charge in [0, 0.05) is 28.4 Å². The van der Waals surface area contributed by atoms with Gasteiger partial charge in [0.25, 0.3) is 0 Å². The lowest BCUT2D eigenvalue weighted by atomic mass is 10.1. The molecule has 104 valence electrons. The Kier molecular flexibility index (Phi) is 3.31. The van der Waals surface area contributed by atoms with Gasteiger partial charge < -0.3 is 10.2 Å². The second-order valence-corrected chi connectivity index (χ2v) is 5.87. The number of hydrogen-bond donors (Lipinski definition) is 1. The van der Waals surface area contributed by atoms with Gasteiger partial charge >= 0.3 is 0 Å². The summed E-state index contributed by atoms with van der Waals surface area (Å²) in [4.78, 5) is 4.41. The number of fused-ring (bicyclic) bond motifs is 1. The number of nitrogens with two attached hydrogens (primary N) is 1. The number of rotatable bonds is 3. The molecule has 0 saturated heterocycles. The van der Waals surface area contributed by atoms with Crippen molar-refractivity contribution in [3.05, 3.63) is 51.4 Å². The predicted molar refractivity (Wildman–Crippen MR) is 78.4 cm³/mol. The molecular formula is C15H15FN2OS. The molecule has 0 amide bonds. The minimum Gasteiger partial charge on any atom is -0.459 e. The Bertz CT molecular complexity index is 762. The number of nitrogens with zero attached hydrogens (tertiary/aromatic N) is 1. The summed E-state index contributed by atoms with van der Waals surface area (Å²) in [6, 6.07) is 4.25. The Morgan fingerprint density at radius 2 is 2.20 bits per heavy atom. The summed E-state index contributed by atoms with van der Waals surface area (Å²) in [6.07, 6.45) is 0.627. The molecule has 0 aliphatic heterocycles. The third-order valence-electron chi connectivity index (χ3n) is 3.33. The smallest absolute Gasteiger partial charge is 0.134 e. The van der Waals surface area contributed by atoms with Gasteiger partial charge in [-0.05, 0) is 32.0 Å². The van der Waals surface area contributed by atoms with E-state index in [-0.39, 0.29) is 11.9 Å². The van der Waals surface area contributed by atoms with Crippen molar-refractivity contribution < 1.29 is 8.81 Å². The van der Waals surface area contributed by atoms with Crippen molar-refractivity contribution in [2.75, 3.05) is 0 Å². The highest BCUT2D eigenvalue weighted by Gasteiger charge is 2.19. The van der Waals surface area contributed by atoms with Crippen LogP contribution in [-0.2, 0) is 6.42 Å². The molecule has 2 N–H and O–H groups in total. The van der Waals surface area contributed by atoms with E-state index in [0.29, 0.717) is 17.8 Å². The molecule has 2 aromatic heterocycles. The molecule has 0 aliphatic carbocycles. The monoisotopic (exact) mass is 290 g/mol. The van der Waals surface area contributed by atoms with Crippen molar-refractivity contribution in [3.8, 4) is 0 Å². The van der Waals surface area contributed by atoms with Crippen molar-refractivity contribution in [2.24, 2.45) is 5.73 Å². The van der Waals surface area contributed by atoms with E-state index < -0.39 is 0 Å². The average Bonchev–Trinajstić information content (AvgIpc) is 2.94. The topological polar surface area (TPSA) is 52.0 Å². The quantitative estimate of drug-likeness (QED) is 0.796. The zero-order valence-electron chi connectivity index (χ0n) is 11.3. The normalized spacial score (nSPS) is 13.0. The predicted octanol–water partition coefficient (Wildman–Crippen LogP) is 3.89. The maximum atomic E-state index is 13.3. The lowest BCUT2D eigenvalue weighted by Gasteiger charge is -2.07. The van der Waals surface area contributed by atoms with Gasteiger partial charge in [0.05, 0.1) is 11.0 Å². The zero-order chi connectivity index (χ0) is 14.3. The van der Waals surface area contributed by atoms with Gasteiger partial charge in [-0.25, -0.2) is 9.37 Å². The highest BCUT2D eigenvalue weighted by Crippen LogP contribution is 2.30. The molecule has 0 saturated carbocycles. The maximum Gasteiger partial charge on any atom is 0.134 e. The van der Waals surface area contributed by atoms with E-state index in [2.05, 4.69) is 4.98 Å². The summed E-state index contributed by atoms with van der Waals surface area (Å²) < 4.78 is 19.1. The summed E-state index contributed by atoms with van der Waals surface area (Å²) in [5, 5.41) is 3.77. The van der Waals surface area contributed by atoms with Crippen molar-refractivity contribution in [1.82, 2.24) is 4.98 Å². The molecule has 0 radical (unpaired) electrons. The molecule has 1 aromatic carbocycles. The van der Waals surface area contributed by atoms with Crippen LogP contribution in [0.3, 0.4) is 0 Å². The Hall–Kier alpha value is -1.72. The van der Waals surface area contributed by atoms with E-state index in [1.165, 1.54) is 12.1 Å². The minimum absolute atomic E-state index is 0.267. The lowest BCUT2D eigenvalue weighted by Crippen LogP contribution is -2.13. The number of hydrogen-bond acceptors (Lipinski definition) is 4. The largest absolute Gasteiger partial charge is 0.459 e. The molecule has 0 fully saturated rings. The Morgan fingerprint density at radius 3 is 2.90 bits per heavy atom. The summed E-state index contributed by atoms with van der Waals surface area (Å²) >= 11 is 1.59. The third-order valence-corrected chi connectivity index (χ3v) is 4.32. The lowest BCUT2D eigenvalue weighted by molar-refractivity contribution is 0.489. The fourth-order valence-electron chi connectivity index (χ4n) is 2.34. The van der Waals surface area contributed by atoms with E-state index in [1.54, 1.807) is 17.4 Å². The second kappa shape index (κ2) is 5.00. The maximum absolute atomic E-state index is 13.3.